The third-order valence-electron chi connectivity index (χ3n) is 3.50. The molecule has 0 amide bonds. The minimum atomic E-state index is -0.533. The molecular formula is C17H20FNO. The van der Waals surface area contributed by atoms with Crippen LogP contribution in [0.5, 0.6) is 5.75 Å². The summed E-state index contributed by atoms with van der Waals surface area (Å²) in [6.45, 7) is 4.00. The van der Waals surface area contributed by atoms with E-state index in [9.17, 15) is 4.39 Å². The van der Waals surface area contributed by atoms with Crippen molar-refractivity contribution < 1.29 is 9.13 Å². The maximum Gasteiger partial charge on any atom is 0.165 e. The van der Waals surface area contributed by atoms with Crippen molar-refractivity contribution in [2.24, 2.45) is 5.73 Å². The first-order valence-corrected chi connectivity index (χ1v) is 6.61. The van der Waals surface area contributed by atoms with Crippen molar-refractivity contribution in [3.05, 3.63) is 65.0 Å². The first kappa shape index (κ1) is 14.5. The molecule has 0 spiro atoms. The van der Waals surface area contributed by atoms with Gasteiger partial charge in [0, 0.05) is 5.54 Å². The number of methoxy groups -OCH3 is 1. The molecule has 0 fully saturated rings. The normalized spacial score (nSPS) is 13.8. The molecule has 0 aliphatic rings. The summed E-state index contributed by atoms with van der Waals surface area (Å²) in [7, 11) is 1.46. The summed E-state index contributed by atoms with van der Waals surface area (Å²) >= 11 is 0. The fourth-order valence-corrected chi connectivity index (χ4v) is 2.28. The standard InChI is InChI=1S/C17H20FNO/c1-12-4-7-14(8-5-12)17(2,19)11-13-6-9-16(20-3)15(18)10-13/h4-10H,11,19H2,1-3H3. The Hall–Kier alpha value is -1.87. The predicted octanol–water partition coefficient (Wildman–Crippen LogP) is 3.56. The number of ether oxygens (including phenoxy) is 1. The topological polar surface area (TPSA) is 35.2 Å². The molecule has 2 rings (SSSR count). The molecule has 0 aliphatic heterocycles. The van der Waals surface area contributed by atoms with Crippen LogP contribution in [-0.4, -0.2) is 7.11 Å². The Bertz CT molecular complexity index is 590. The van der Waals surface area contributed by atoms with E-state index < -0.39 is 5.54 Å². The molecule has 3 heteroatoms. The van der Waals surface area contributed by atoms with Gasteiger partial charge in [0.2, 0.25) is 0 Å². The first-order chi connectivity index (χ1) is 9.42. The first-order valence-electron chi connectivity index (χ1n) is 6.61. The maximum absolute atomic E-state index is 13.7. The highest BCUT2D eigenvalue weighted by Gasteiger charge is 2.22. The van der Waals surface area contributed by atoms with Gasteiger partial charge < -0.3 is 10.5 Å². The monoisotopic (exact) mass is 273 g/mol. The van der Waals surface area contributed by atoms with Gasteiger partial charge in [0.1, 0.15) is 0 Å². The van der Waals surface area contributed by atoms with Gasteiger partial charge in [0.05, 0.1) is 7.11 Å². The van der Waals surface area contributed by atoms with Crippen LogP contribution in [0.25, 0.3) is 0 Å². The van der Waals surface area contributed by atoms with Crippen LogP contribution in [-0.2, 0) is 12.0 Å². The molecule has 2 nitrogen and oxygen atoms in total. The van der Waals surface area contributed by atoms with Crippen molar-refractivity contribution in [3.63, 3.8) is 0 Å². The Morgan fingerprint density at radius 1 is 1.15 bits per heavy atom. The van der Waals surface area contributed by atoms with Gasteiger partial charge in [-0.3, -0.25) is 0 Å². The number of rotatable bonds is 4. The molecule has 20 heavy (non-hydrogen) atoms. The Morgan fingerprint density at radius 2 is 1.80 bits per heavy atom. The maximum atomic E-state index is 13.7. The van der Waals surface area contributed by atoms with Gasteiger partial charge in [-0.25, -0.2) is 4.39 Å². The predicted molar refractivity (Wildman–Crippen MR) is 79.4 cm³/mol. The second-order valence-corrected chi connectivity index (χ2v) is 5.43. The van der Waals surface area contributed by atoms with Crippen molar-refractivity contribution >= 4 is 0 Å². The Morgan fingerprint density at radius 3 is 2.35 bits per heavy atom. The van der Waals surface area contributed by atoms with Crippen LogP contribution in [0.3, 0.4) is 0 Å². The lowest BCUT2D eigenvalue weighted by atomic mass is 9.86. The lowest BCUT2D eigenvalue weighted by Crippen LogP contribution is -2.35. The summed E-state index contributed by atoms with van der Waals surface area (Å²) < 4.78 is 18.6. The SMILES string of the molecule is COc1ccc(CC(C)(N)c2ccc(C)cc2)cc1F. The Balaban J connectivity index is 2.23. The smallest absolute Gasteiger partial charge is 0.165 e. The van der Waals surface area contributed by atoms with E-state index in [1.165, 1.54) is 18.7 Å². The minimum absolute atomic E-state index is 0.253. The molecule has 0 saturated carbocycles. The summed E-state index contributed by atoms with van der Waals surface area (Å²) in [5, 5.41) is 0. The number of aryl methyl sites for hydroxylation is 1. The van der Waals surface area contributed by atoms with Crippen molar-refractivity contribution in [1.82, 2.24) is 0 Å². The molecule has 2 aromatic rings. The van der Waals surface area contributed by atoms with Crippen molar-refractivity contribution in [2.45, 2.75) is 25.8 Å². The van der Waals surface area contributed by atoms with E-state index in [1.807, 2.05) is 44.2 Å². The molecule has 2 aromatic carbocycles. The zero-order chi connectivity index (χ0) is 14.8. The summed E-state index contributed by atoms with van der Waals surface area (Å²) in [5.74, 6) is -0.104. The van der Waals surface area contributed by atoms with Crippen molar-refractivity contribution in [3.8, 4) is 5.75 Å². The highest BCUT2D eigenvalue weighted by atomic mass is 19.1. The van der Waals surface area contributed by atoms with Crippen molar-refractivity contribution in [2.75, 3.05) is 7.11 Å². The molecule has 106 valence electrons. The van der Waals surface area contributed by atoms with Crippen LogP contribution < -0.4 is 10.5 Å². The molecule has 1 atom stereocenters. The molecule has 0 aromatic heterocycles. The number of hydrogen-bond acceptors (Lipinski definition) is 2. The summed E-state index contributed by atoms with van der Waals surface area (Å²) in [6.07, 6.45) is 0.566. The number of benzene rings is 2. The lowest BCUT2D eigenvalue weighted by Gasteiger charge is -2.25. The van der Waals surface area contributed by atoms with E-state index in [0.29, 0.717) is 6.42 Å². The van der Waals surface area contributed by atoms with E-state index in [1.54, 1.807) is 6.07 Å². The van der Waals surface area contributed by atoms with Crippen LogP contribution in [0.1, 0.15) is 23.6 Å². The second-order valence-electron chi connectivity index (χ2n) is 5.43. The highest BCUT2D eigenvalue weighted by molar-refractivity contribution is 5.33. The van der Waals surface area contributed by atoms with Gasteiger partial charge in [-0.1, -0.05) is 35.9 Å². The number of hydrogen-bond donors (Lipinski definition) is 1. The van der Waals surface area contributed by atoms with E-state index in [2.05, 4.69) is 0 Å². The van der Waals surface area contributed by atoms with E-state index in [-0.39, 0.29) is 11.6 Å². The highest BCUT2D eigenvalue weighted by Crippen LogP contribution is 2.25. The van der Waals surface area contributed by atoms with Crippen LogP contribution in [0.2, 0.25) is 0 Å². The largest absolute Gasteiger partial charge is 0.494 e. The van der Waals surface area contributed by atoms with Crippen molar-refractivity contribution in [1.29, 1.82) is 0 Å². The van der Waals surface area contributed by atoms with Crippen LogP contribution in [0.4, 0.5) is 4.39 Å². The van der Waals surface area contributed by atoms with E-state index in [4.69, 9.17) is 10.5 Å². The fraction of sp³-hybridized carbons (Fsp3) is 0.294. The summed E-state index contributed by atoms with van der Waals surface area (Å²) in [6, 6.07) is 13.1. The van der Waals surface area contributed by atoms with Crippen LogP contribution >= 0.6 is 0 Å². The van der Waals surface area contributed by atoms with Gasteiger partial charge >= 0.3 is 0 Å². The van der Waals surface area contributed by atoms with Gasteiger partial charge in [0.15, 0.2) is 11.6 Å². The van der Waals surface area contributed by atoms with Gasteiger partial charge in [0.25, 0.3) is 0 Å². The van der Waals surface area contributed by atoms with Crippen LogP contribution in [0.15, 0.2) is 42.5 Å². The third kappa shape index (κ3) is 3.17. The van der Waals surface area contributed by atoms with Gasteiger partial charge in [-0.05, 0) is 43.5 Å². The molecule has 1 unspecified atom stereocenters. The molecule has 2 N–H and O–H groups in total. The van der Waals surface area contributed by atoms with Crippen LogP contribution in [0, 0.1) is 12.7 Å². The Kier molecular flexibility index (Phi) is 4.09. The lowest BCUT2D eigenvalue weighted by molar-refractivity contribution is 0.385. The fourth-order valence-electron chi connectivity index (χ4n) is 2.28. The molecule has 0 heterocycles. The third-order valence-corrected chi connectivity index (χ3v) is 3.50. The van der Waals surface area contributed by atoms with Gasteiger partial charge in [-0.15, -0.1) is 0 Å². The van der Waals surface area contributed by atoms with E-state index >= 15 is 0 Å². The quantitative estimate of drug-likeness (QED) is 0.924. The molecule has 0 saturated heterocycles. The number of halogens is 1. The average Bonchev–Trinajstić information content (AvgIpc) is 2.39. The second kappa shape index (κ2) is 5.63. The molecular weight excluding hydrogens is 253 g/mol. The zero-order valence-corrected chi connectivity index (χ0v) is 12.1. The van der Waals surface area contributed by atoms with Gasteiger partial charge in [-0.2, -0.15) is 0 Å². The summed E-state index contributed by atoms with van der Waals surface area (Å²) in [5.41, 5.74) is 8.95. The number of nitrogens with two attached hydrogens (primary N) is 1. The molecule has 0 bridgehead atoms. The zero-order valence-electron chi connectivity index (χ0n) is 12.1. The molecule has 0 aliphatic carbocycles. The Labute approximate surface area is 119 Å². The van der Waals surface area contributed by atoms with E-state index in [0.717, 1.165) is 11.1 Å². The molecule has 0 radical (unpaired) electrons. The average molecular weight is 273 g/mol. The minimum Gasteiger partial charge on any atom is -0.494 e. The summed E-state index contributed by atoms with van der Waals surface area (Å²) in [4.78, 5) is 0.